The van der Waals surface area contributed by atoms with Gasteiger partial charge in [-0.15, -0.1) is 0 Å². The minimum absolute atomic E-state index is 0.0895. The van der Waals surface area contributed by atoms with Gasteiger partial charge in [0.25, 0.3) is 5.91 Å². The minimum atomic E-state index is -3.60. The van der Waals surface area contributed by atoms with Crippen LogP contribution in [0, 0.1) is 0 Å². The maximum absolute atomic E-state index is 12.5. The highest BCUT2D eigenvalue weighted by Gasteiger charge is 2.21. The first-order valence-electron chi connectivity index (χ1n) is 9.47. The van der Waals surface area contributed by atoms with E-state index in [1.807, 2.05) is 25.1 Å². The van der Waals surface area contributed by atoms with Crippen LogP contribution in [0.4, 0.5) is 5.69 Å². The lowest BCUT2D eigenvalue weighted by atomic mass is 10.1. The van der Waals surface area contributed by atoms with Gasteiger partial charge < -0.3 is 10.6 Å². The first-order chi connectivity index (χ1) is 13.8. The van der Waals surface area contributed by atoms with Crippen LogP contribution in [0.15, 0.2) is 54.6 Å². The molecule has 2 rings (SSSR count). The smallest absolute Gasteiger partial charge is 0.253 e. The van der Waals surface area contributed by atoms with E-state index in [1.165, 1.54) is 0 Å². The molecular formula is C21H27N3O4S. The average Bonchev–Trinajstić information content (AvgIpc) is 2.68. The summed E-state index contributed by atoms with van der Waals surface area (Å²) >= 11 is 0. The van der Waals surface area contributed by atoms with Gasteiger partial charge in [-0.3, -0.25) is 9.59 Å². The van der Waals surface area contributed by atoms with Crippen LogP contribution in [0.1, 0.15) is 35.7 Å². The van der Waals surface area contributed by atoms with Crippen LogP contribution in [0.2, 0.25) is 0 Å². The van der Waals surface area contributed by atoms with Crippen molar-refractivity contribution in [2.24, 2.45) is 0 Å². The number of hydrogen-bond donors (Lipinski definition) is 2. The second kappa shape index (κ2) is 10.7. The molecule has 0 heterocycles. The topological polar surface area (TPSA) is 95.6 Å². The molecule has 29 heavy (non-hydrogen) atoms. The highest BCUT2D eigenvalue weighted by molar-refractivity contribution is 7.88. The summed E-state index contributed by atoms with van der Waals surface area (Å²) in [6.45, 7) is 2.33. The quantitative estimate of drug-likeness (QED) is 0.581. The molecular weight excluding hydrogens is 390 g/mol. The normalized spacial score (nSPS) is 11.3. The lowest BCUT2D eigenvalue weighted by Crippen LogP contribution is -2.37. The maximum Gasteiger partial charge on any atom is 0.253 e. The van der Waals surface area contributed by atoms with Gasteiger partial charge >= 0.3 is 0 Å². The molecule has 0 aliphatic rings. The van der Waals surface area contributed by atoms with E-state index in [2.05, 4.69) is 10.6 Å². The number of benzene rings is 2. The SMILES string of the molecule is CCCCNC(=O)c1ccccc1NC(=O)CN(Cc1ccccc1)S(C)(=O)=O. The Bertz CT molecular complexity index is 930. The number of amides is 2. The molecule has 0 fully saturated rings. The van der Waals surface area contributed by atoms with E-state index in [-0.39, 0.29) is 19.0 Å². The van der Waals surface area contributed by atoms with Crippen molar-refractivity contribution in [2.45, 2.75) is 26.3 Å². The third kappa shape index (κ3) is 7.32. The zero-order chi connectivity index (χ0) is 21.3. The standard InChI is InChI=1S/C21H27N3O4S/c1-3-4-14-22-21(26)18-12-8-9-13-19(18)23-20(25)16-24(29(2,27)28)15-17-10-6-5-7-11-17/h5-13H,3-4,14-16H2,1-2H3,(H,22,26)(H,23,25). The summed E-state index contributed by atoms with van der Waals surface area (Å²) in [7, 11) is -3.60. The molecule has 2 aromatic rings. The van der Waals surface area contributed by atoms with Gasteiger partial charge in [0.2, 0.25) is 15.9 Å². The van der Waals surface area contributed by atoms with Crippen LogP contribution in [-0.4, -0.2) is 43.9 Å². The van der Waals surface area contributed by atoms with Gasteiger partial charge in [0, 0.05) is 13.1 Å². The fraction of sp³-hybridized carbons (Fsp3) is 0.333. The third-order valence-corrected chi connectivity index (χ3v) is 5.45. The van der Waals surface area contributed by atoms with Crippen LogP contribution in [0.5, 0.6) is 0 Å². The largest absolute Gasteiger partial charge is 0.352 e. The molecule has 2 amide bonds. The zero-order valence-corrected chi connectivity index (χ0v) is 17.5. The molecule has 0 spiro atoms. The summed E-state index contributed by atoms with van der Waals surface area (Å²) in [6, 6.07) is 15.7. The first-order valence-corrected chi connectivity index (χ1v) is 11.3. The average molecular weight is 418 g/mol. The summed E-state index contributed by atoms with van der Waals surface area (Å²) in [5.74, 6) is -0.793. The van der Waals surface area contributed by atoms with Crippen molar-refractivity contribution in [3.8, 4) is 0 Å². The van der Waals surface area contributed by atoms with E-state index in [0.29, 0.717) is 17.8 Å². The number of carbonyl (C=O) groups excluding carboxylic acids is 2. The summed E-state index contributed by atoms with van der Waals surface area (Å²) in [5.41, 5.74) is 1.46. The van der Waals surface area contributed by atoms with E-state index in [0.717, 1.165) is 29.0 Å². The molecule has 8 heteroatoms. The maximum atomic E-state index is 12.5. The Morgan fingerprint density at radius 1 is 1.00 bits per heavy atom. The summed E-state index contributed by atoms with van der Waals surface area (Å²) in [6.07, 6.45) is 2.89. The lowest BCUT2D eigenvalue weighted by molar-refractivity contribution is -0.116. The molecule has 0 unspecified atom stereocenters. The summed E-state index contributed by atoms with van der Waals surface area (Å²) in [5, 5.41) is 5.48. The van der Waals surface area contributed by atoms with E-state index in [1.54, 1.807) is 36.4 Å². The Kier molecular flexibility index (Phi) is 8.35. The Morgan fingerprint density at radius 3 is 2.31 bits per heavy atom. The summed E-state index contributed by atoms with van der Waals surface area (Å²) in [4.78, 5) is 24.9. The molecule has 0 saturated heterocycles. The molecule has 2 aromatic carbocycles. The van der Waals surface area contributed by atoms with Gasteiger partial charge in [-0.05, 0) is 24.1 Å². The molecule has 2 N–H and O–H groups in total. The van der Waals surface area contributed by atoms with E-state index in [4.69, 9.17) is 0 Å². The van der Waals surface area contributed by atoms with E-state index in [9.17, 15) is 18.0 Å². The summed E-state index contributed by atoms with van der Waals surface area (Å²) < 4.78 is 25.4. The minimum Gasteiger partial charge on any atom is -0.352 e. The number of anilines is 1. The molecule has 7 nitrogen and oxygen atoms in total. The second-order valence-corrected chi connectivity index (χ2v) is 8.70. The molecule has 0 saturated carbocycles. The molecule has 0 aromatic heterocycles. The number of carbonyl (C=O) groups is 2. The van der Waals surface area contributed by atoms with Gasteiger partial charge in [-0.2, -0.15) is 4.31 Å². The molecule has 0 radical (unpaired) electrons. The van der Waals surface area contributed by atoms with E-state index < -0.39 is 15.9 Å². The van der Waals surface area contributed by atoms with Gasteiger partial charge in [0.15, 0.2) is 0 Å². The Morgan fingerprint density at radius 2 is 1.66 bits per heavy atom. The monoisotopic (exact) mass is 417 g/mol. The van der Waals surface area contributed by atoms with E-state index >= 15 is 0 Å². The third-order valence-electron chi connectivity index (χ3n) is 4.25. The van der Waals surface area contributed by atoms with Crippen molar-refractivity contribution in [2.75, 3.05) is 24.7 Å². The van der Waals surface area contributed by atoms with Crippen molar-refractivity contribution in [1.29, 1.82) is 0 Å². The van der Waals surface area contributed by atoms with Crippen LogP contribution >= 0.6 is 0 Å². The molecule has 0 aliphatic heterocycles. The number of rotatable bonds is 10. The zero-order valence-electron chi connectivity index (χ0n) is 16.7. The Labute approximate surface area is 172 Å². The van der Waals surface area contributed by atoms with Crippen molar-refractivity contribution in [3.63, 3.8) is 0 Å². The number of nitrogens with one attached hydrogen (secondary N) is 2. The fourth-order valence-corrected chi connectivity index (χ4v) is 3.43. The van der Waals surface area contributed by atoms with Crippen LogP contribution in [0.3, 0.4) is 0 Å². The number of nitrogens with zero attached hydrogens (tertiary/aromatic N) is 1. The number of hydrogen-bond acceptors (Lipinski definition) is 4. The number of sulfonamides is 1. The Hall–Kier alpha value is -2.71. The van der Waals surface area contributed by atoms with Crippen molar-refractivity contribution in [1.82, 2.24) is 9.62 Å². The predicted octanol–water partition coefficient (Wildman–Crippen LogP) is 2.62. The fourth-order valence-electron chi connectivity index (χ4n) is 2.69. The highest BCUT2D eigenvalue weighted by atomic mass is 32.2. The number of unbranched alkanes of at least 4 members (excludes halogenated alkanes) is 1. The van der Waals surface area contributed by atoms with Gasteiger partial charge in [0.05, 0.1) is 24.1 Å². The van der Waals surface area contributed by atoms with Crippen LogP contribution < -0.4 is 10.6 Å². The van der Waals surface area contributed by atoms with Crippen molar-refractivity contribution in [3.05, 3.63) is 65.7 Å². The lowest BCUT2D eigenvalue weighted by Gasteiger charge is -2.20. The highest BCUT2D eigenvalue weighted by Crippen LogP contribution is 2.16. The molecule has 0 aliphatic carbocycles. The van der Waals surface area contributed by atoms with Gasteiger partial charge in [-0.1, -0.05) is 55.8 Å². The van der Waals surface area contributed by atoms with Crippen molar-refractivity contribution >= 4 is 27.5 Å². The second-order valence-electron chi connectivity index (χ2n) is 6.72. The predicted molar refractivity (Wildman–Crippen MR) is 114 cm³/mol. The molecule has 0 bridgehead atoms. The van der Waals surface area contributed by atoms with Crippen LogP contribution in [0.25, 0.3) is 0 Å². The van der Waals surface area contributed by atoms with Crippen molar-refractivity contribution < 1.29 is 18.0 Å². The van der Waals surface area contributed by atoms with Gasteiger partial charge in [-0.25, -0.2) is 8.42 Å². The van der Waals surface area contributed by atoms with Crippen LogP contribution in [-0.2, 0) is 21.4 Å². The first kappa shape index (κ1) is 22.6. The van der Waals surface area contributed by atoms with Gasteiger partial charge in [0.1, 0.15) is 0 Å². The number of para-hydroxylation sites is 1. The molecule has 0 atom stereocenters. The Balaban J connectivity index is 2.09. The molecule has 156 valence electrons.